The van der Waals surface area contributed by atoms with Gasteiger partial charge in [-0.15, -0.1) is 0 Å². The molecule has 0 spiro atoms. The van der Waals surface area contributed by atoms with E-state index >= 15 is 0 Å². The molecule has 3 N–H and O–H groups in total. The number of benzene rings is 1. The number of rotatable bonds is 5. The number of sulfonamides is 1. The topological polar surface area (TPSA) is 86.9 Å². The molecule has 0 aliphatic rings. The molecule has 0 bridgehead atoms. The first-order valence-corrected chi connectivity index (χ1v) is 7.27. The van der Waals surface area contributed by atoms with Crippen molar-refractivity contribution in [3.63, 3.8) is 0 Å². The van der Waals surface area contributed by atoms with Crippen molar-refractivity contribution in [2.75, 3.05) is 12.4 Å². The van der Waals surface area contributed by atoms with E-state index < -0.39 is 10.0 Å². The van der Waals surface area contributed by atoms with Gasteiger partial charge in [0.25, 0.3) is 0 Å². The van der Waals surface area contributed by atoms with Gasteiger partial charge in [0.1, 0.15) is 5.82 Å². The smallest absolute Gasteiger partial charge is 0.240 e. The minimum atomic E-state index is -3.42. The highest BCUT2D eigenvalue weighted by atomic mass is 32.2. The van der Waals surface area contributed by atoms with Crippen LogP contribution in [0.1, 0.15) is 11.4 Å². The number of hydrogen-bond donors (Lipinski definition) is 3. The minimum absolute atomic E-state index is 0.238. The molecule has 6 nitrogen and oxygen atoms in total. The molecule has 0 atom stereocenters. The zero-order valence-corrected chi connectivity index (χ0v) is 11.6. The normalized spacial score (nSPS) is 11.5. The molecule has 0 saturated carbocycles. The Labute approximate surface area is 112 Å². The van der Waals surface area contributed by atoms with E-state index in [1.807, 2.05) is 6.92 Å². The van der Waals surface area contributed by atoms with Crippen molar-refractivity contribution < 1.29 is 8.42 Å². The zero-order valence-electron chi connectivity index (χ0n) is 10.8. The summed E-state index contributed by atoms with van der Waals surface area (Å²) in [6, 6.07) is 4.97. The molecule has 0 amide bonds. The Morgan fingerprint density at radius 3 is 2.79 bits per heavy atom. The maximum absolute atomic E-state index is 11.7. The molecule has 0 aliphatic heterocycles. The van der Waals surface area contributed by atoms with E-state index in [1.165, 1.54) is 7.05 Å². The molecule has 1 aromatic carbocycles. The van der Waals surface area contributed by atoms with E-state index in [0.29, 0.717) is 6.54 Å². The largest absolute Gasteiger partial charge is 0.378 e. The number of imidazole rings is 1. The predicted molar refractivity (Wildman–Crippen MR) is 73.3 cm³/mol. The number of nitrogens with one attached hydrogen (secondary N) is 3. The van der Waals surface area contributed by atoms with Gasteiger partial charge in [-0.05, 0) is 31.7 Å². The third-order valence-corrected chi connectivity index (χ3v) is 4.20. The third-order valence-electron chi connectivity index (χ3n) is 2.79. The highest BCUT2D eigenvalue weighted by Crippen LogP contribution is 2.20. The predicted octanol–water partition coefficient (Wildman–Crippen LogP) is 1.24. The lowest BCUT2D eigenvalue weighted by atomic mass is 10.2. The maximum atomic E-state index is 11.7. The number of aryl methyl sites for hydroxylation is 1. The van der Waals surface area contributed by atoms with Crippen molar-refractivity contribution >= 4 is 15.7 Å². The fourth-order valence-electron chi connectivity index (χ4n) is 1.65. The Morgan fingerprint density at radius 1 is 1.37 bits per heavy atom. The monoisotopic (exact) mass is 280 g/mol. The Kier molecular flexibility index (Phi) is 3.87. The van der Waals surface area contributed by atoms with Crippen molar-refractivity contribution in [1.82, 2.24) is 14.7 Å². The van der Waals surface area contributed by atoms with Gasteiger partial charge in [-0.2, -0.15) is 0 Å². The van der Waals surface area contributed by atoms with Crippen LogP contribution in [0.3, 0.4) is 0 Å². The van der Waals surface area contributed by atoms with E-state index in [0.717, 1.165) is 17.1 Å². The average molecular weight is 280 g/mol. The van der Waals surface area contributed by atoms with Crippen molar-refractivity contribution in [1.29, 1.82) is 0 Å². The van der Waals surface area contributed by atoms with Gasteiger partial charge in [0, 0.05) is 18.1 Å². The molecule has 102 valence electrons. The lowest BCUT2D eigenvalue weighted by Crippen LogP contribution is -2.18. The fraction of sp³-hybridized carbons (Fsp3) is 0.250. The minimum Gasteiger partial charge on any atom is -0.378 e. The van der Waals surface area contributed by atoms with Gasteiger partial charge in [0.15, 0.2) is 0 Å². The van der Waals surface area contributed by atoms with Gasteiger partial charge >= 0.3 is 0 Å². The summed E-state index contributed by atoms with van der Waals surface area (Å²) in [4.78, 5) is 7.32. The summed E-state index contributed by atoms with van der Waals surface area (Å²) in [7, 11) is -2.03. The standard InChI is InChI=1S/C12H16N4O2S/c1-9-3-4-10(19(17,18)13-2)7-11(9)16-8-12-14-5-6-15-12/h3-7,13,16H,8H2,1-2H3,(H,14,15). The molecule has 0 fully saturated rings. The number of anilines is 1. The highest BCUT2D eigenvalue weighted by molar-refractivity contribution is 7.89. The highest BCUT2D eigenvalue weighted by Gasteiger charge is 2.12. The number of hydrogen-bond acceptors (Lipinski definition) is 4. The van der Waals surface area contributed by atoms with E-state index in [1.54, 1.807) is 30.6 Å². The van der Waals surface area contributed by atoms with E-state index in [9.17, 15) is 8.42 Å². The van der Waals surface area contributed by atoms with Crippen LogP contribution in [0.4, 0.5) is 5.69 Å². The summed E-state index contributed by atoms with van der Waals surface area (Å²) in [5.74, 6) is 0.793. The maximum Gasteiger partial charge on any atom is 0.240 e. The van der Waals surface area contributed by atoms with Crippen LogP contribution < -0.4 is 10.0 Å². The lowest BCUT2D eigenvalue weighted by Gasteiger charge is -2.10. The summed E-state index contributed by atoms with van der Waals surface area (Å²) in [6.45, 7) is 2.43. The molecule has 0 radical (unpaired) electrons. The Bertz CT molecular complexity index is 650. The Hall–Kier alpha value is -1.86. The molecule has 0 unspecified atom stereocenters. The second-order valence-corrected chi connectivity index (χ2v) is 5.96. The fourth-order valence-corrected chi connectivity index (χ4v) is 2.41. The van der Waals surface area contributed by atoms with Gasteiger partial charge in [-0.3, -0.25) is 0 Å². The van der Waals surface area contributed by atoms with Crippen LogP contribution >= 0.6 is 0 Å². The van der Waals surface area contributed by atoms with Gasteiger partial charge in [-0.25, -0.2) is 18.1 Å². The van der Waals surface area contributed by atoms with Gasteiger partial charge in [0.2, 0.25) is 10.0 Å². The molecule has 1 heterocycles. The molecule has 0 aliphatic carbocycles. The second kappa shape index (κ2) is 5.41. The molecule has 0 saturated heterocycles. The first-order chi connectivity index (χ1) is 9.03. The molecular formula is C12H16N4O2S. The molecule has 19 heavy (non-hydrogen) atoms. The molecule has 7 heteroatoms. The summed E-state index contributed by atoms with van der Waals surface area (Å²) >= 11 is 0. The van der Waals surface area contributed by atoms with Crippen LogP contribution in [0.2, 0.25) is 0 Å². The van der Waals surface area contributed by atoms with E-state index in [-0.39, 0.29) is 4.90 Å². The van der Waals surface area contributed by atoms with Crippen LogP contribution in [-0.2, 0) is 16.6 Å². The summed E-state index contributed by atoms with van der Waals surface area (Å²) in [5.41, 5.74) is 1.74. The zero-order chi connectivity index (χ0) is 13.9. The van der Waals surface area contributed by atoms with E-state index in [4.69, 9.17) is 0 Å². The third kappa shape index (κ3) is 3.12. The molecule has 1 aromatic heterocycles. The van der Waals surface area contributed by atoms with Gasteiger partial charge < -0.3 is 10.3 Å². The summed E-state index contributed by atoms with van der Waals surface area (Å²) in [6.07, 6.45) is 3.41. The van der Waals surface area contributed by atoms with Crippen LogP contribution in [-0.4, -0.2) is 25.4 Å². The summed E-state index contributed by atoms with van der Waals surface area (Å²) < 4.78 is 25.8. The molecule has 2 aromatic rings. The van der Waals surface area contributed by atoms with Gasteiger partial charge in [-0.1, -0.05) is 6.07 Å². The number of H-pyrrole nitrogens is 1. The van der Waals surface area contributed by atoms with Gasteiger partial charge in [0.05, 0.1) is 11.4 Å². The van der Waals surface area contributed by atoms with Crippen molar-refractivity contribution in [2.24, 2.45) is 0 Å². The quantitative estimate of drug-likeness (QED) is 0.769. The molecular weight excluding hydrogens is 264 g/mol. The molecule has 2 rings (SSSR count). The first kappa shape index (κ1) is 13.6. The average Bonchev–Trinajstić information content (AvgIpc) is 2.90. The van der Waals surface area contributed by atoms with Crippen LogP contribution in [0, 0.1) is 6.92 Å². The van der Waals surface area contributed by atoms with E-state index in [2.05, 4.69) is 20.0 Å². The van der Waals surface area contributed by atoms with Crippen LogP contribution in [0.25, 0.3) is 0 Å². The van der Waals surface area contributed by atoms with Crippen LogP contribution in [0.5, 0.6) is 0 Å². The van der Waals surface area contributed by atoms with Crippen LogP contribution in [0.15, 0.2) is 35.5 Å². The van der Waals surface area contributed by atoms with Crippen molar-refractivity contribution in [2.45, 2.75) is 18.4 Å². The lowest BCUT2D eigenvalue weighted by molar-refractivity contribution is 0.588. The second-order valence-electron chi connectivity index (χ2n) is 4.07. The Balaban J connectivity index is 2.22. The summed E-state index contributed by atoms with van der Waals surface area (Å²) in [5, 5.41) is 3.17. The van der Waals surface area contributed by atoms with Crippen molar-refractivity contribution in [3.8, 4) is 0 Å². The first-order valence-electron chi connectivity index (χ1n) is 5.79. The van der Waals surface area contributed by atoms with Crippen molar-refractivity contribution in [3.05, 3.63) is 42.0 Å². The SMILES string of the molecule is CNS(=O)(=O)c1ccc(C)c(NCc2ncc[nH]2)c1. The number of nitrogens with zero attached hydrogens (tertiary/aromatic N) is 1. The number of aromatic nitrogens is 2. The number of aromatic amines is 1. The Morgan fingerprint density at radius 2 is 2.16 bits per heavy atom.